The van der Waals surface area contributed by atoms with Crippen LogP contribution >= 0.6 is 11.6 Å². The number of esters is 1. The van der Waals surface area contributed by atoms with Crippen molar-refractivity contribution in [2.75, 3.05) is 7.11 Å². The number of rotatable bonds is 4. The number of methoxy groups -OCH3 is 1. The highest BCUT2D eigenvalue weighted by molar-refractivity contribution is 6.32. The van der Waals surface area contributed by atoms with E-state index in [9.17, 15) is 14.7 Å². The van der Waals surface area contributed by atoms with Gasteiger partial charge in [-0.1, -0.05) is 0 Å². The number of aromatic nitrogens is 1. The van der Waals surface area contributed by atoms with Crippen molar-refractivity contribution in [2.24, 2.45) is 0 Å². The van der Waals surface area contributed by atoms with Gasteiger partial charge in [0, 0.05) is 6.20 Å². The molecule has 2 heterocycles. The number of ether oxygens (including phenoxy) is 1. The summed E-state index contributed by atoms with van der Waals surface area (Å²) in [7, 11) is 1.29. The Bertz CT molecular complexity index is 684. The third-order valence-corrected chi connectivity index (χ3v) is 3.76. The first kappa shape index (κ1) is 19.0. The van der Waals surface area contributed by atoms with E-state index in [1.54, 1.807) is 12.1 Å². The molecule has 1 aromatic rings. The van der Waals surface area contributed by atoms with Crippen molar-refractivity contribution in [2.45, 2.75) is 38.3 Å². The Morgan fingerprint density at radius 2 is 2.08 bits per heavy atom. The minimum Gasteiger partial charge on any atom is -0.508 e. The predicted molar refractivity (Wildman–Crippen MR) is 89.2 cm³/mol. The van der Waals surface area contributed by atoms with Crippen LogP contribution in [-0.4, -0.2) is 50.2 Å². The summed E-state index contributed by atoms with van der Waals surface area (Å²) in [5, 5.41) is 11.1. The van der Waals surface area contributed by atoms with Crippen LogP contribution in [0.25, 0.3) is 0 Å². The van der Waals surface area contributed by atoms with Gasteiger partial charge in [0.25, 0.3) is 5.91 Å². The maximum atomic E-state index is 12.4. The molecular weight excluding hydrogens is 350 g/mol. The number of hydrogen-bond acceptors (Lipinski definition) is 7. The van der Waals surface area contributed by atoms with Gasteiger partial charge < -0.3 is 9.84 Å². The monoisotopic (exact) mass is 369 g/mol. The number of nitrogens with zero attached hydrogens (tertiary/aromatic N) is 3. The Hall–Kier alpha value is -2.32. The Balaban J connectivity index is 2.14. The first-order chi connectivity index (χ1) is 11.6. The van der Waals surface area contributed by atoms with Crippen molar-refractivity contribution in [3.8, 4) is 0 Å². The van der Waals surface area contributed by atoms with Gasteiger partial charge in [0.05, 0.1) is 30.1 Å². The van der Waals surface area contributed by atoms with E-state index in [2.05, 4.69) is 9.72 Å². The minimum absolute atomic E-state index is 0.0119. The zero-order chi connectivity index (χ0) is 18.8. The SMILES string of the molecule is COC(=O)c1ccc(CON2C=C(O)C(Cl)C(=O)N2C(C)(C)C)nc1. The van der Waals surface area contributed by atoms with Crippen LogP contribution in [0.15, 0.2) is 30.3 Å². The molecule has 0 bridgehead atoms. The Morgan fingerprint density at radius 1 is 1.40 bits per heavy atom. The smallest absolute Gasteiger partial charge is 0.339 e. The standard InChI is InChI=1S/C16H20ClN3O5/c1-16(2,3)20-14(22)13(17)12(21)8-19(20)25-9-11-6-5-10(7-18-11)15(23)24-4/h5-8,13,21H,9H2,1-4H3. The number of carbonyl (C=O) groups excluding carboxylic acids is 2. The zero-order valence-corrected chi connectivity index (χ0v) is 15.1. The lowest BCUT2D eigenvalue weighted by molar-refractivity contribution is -0.278. The van der Waals surface area contributed by atoms with Gasteiger partial charge in [0.2, 0.25) is 0 Å². The molecule has 1 amide bonds. The maximum Gasteiger partial charge on any atom is 0.339 e. The van der Waals surface area contributed by atoms with Crippen LogP contribution in [0.2, 0.25) is 0 Å². The van der Waals surface area contributed by atoms with E-state index in [0.29, 0.717) is 11.3 Å². The van der Waals surface area contributed by atoms with Crippen LogP contribution in [0.1, 0.15) is 36.8 Å². The van der Waals surface area contributed by atoms with Crippen molar-refractivity contribution in [1.29, 1.82) is 0 Å². The average Bonchev–Trinajstić information content (AvgIpc) is 2.56. The second-order valence-electron chi connectivity index (χ2n) is 6.34. The molecule has 1 aliphatic heterocycles. The molecule has 0 saturated carbocycles. The molecule has 0 aliphatic carbocycles. The summed E-state index contributed by atoms with van der Waals surface area (Å²) in [6.07, 6.45) is 2.61. The van der Waals surface area contributed by atoms with Gasteiger partial charge in [0.1, 0.15) is 12.4 Å². The van der Waals surface area contributed by atoms with E-state index in [1.165, 1.54) is 24.5 Å². The van der Waals surface area contributed by atoms with Crippen LogP contribution in [0.5, 0.6) is 0 Å². The number of hydrogen-bond donors (Lipinski definition) is 1. The quantitative estimate of drug-likeness (QED) is 0.642. The molecule has 1 aliphatic rings. The van der Waals surface area contributed by atoms with Crippen LogP contribution in [0, 0.1) is 0 Å². The lowest BCUT2D eigenvalue weighted by Gasteiger charge is -2.44. The van der Waals surface area contributed by atoms with Crippen LogP contribution in [-0.2, 0) is 21.0 Å². The van der Waals surface area contributed by atoms with Crippen LogP contribution < -0.4 is 0 Å². The zero-order valence-electron chi connectivity index (χ0n) is 14.4. The molecule has 1 N–H and O–H groups in total. The summed E-state index contributed by atoms with van der Waals surface area (Å²) >= 11 is 5.91. The molecule has 136 valence electrons. The fourth-order valence-corrected chi connectivity index (χ4v) is 2.32. The number of hydroxylamine groups is 1. The molecule has 0 fully saturated rings. The van der Waals surface area contributed by atoms with Gasteiger partial charge in [-0.15, -0.1) is 11.6 Å². The van der Waals surface area contributed by atoms with Gasteiger partial charge in [-0.25, -0.2) is 14.6 Å². The van der Waals surface area contributed by atoms with Crippen molar-refractivity contribution in [3.05, 3.63) is 41.5 Å². The number of amides is 1. The fraction of sp³-hybridized carbons (Fsp3) is 0.438. The largest absolute Gasteiger partial charge is 0.508 e. The Kier molecular flexibility index (Phi) is 5.54. The number of alkyl halides is 1. The molecule has 8 nitrogen and oxygen atoms in total. The molecule has 1 unspecified atom stereocenters. The molecule has 25 heavy (non-hydrogen) atoms. The van der Waals surface area contributed by atoms with E-state index in [-0.39, 0.29) is 12.4 Å². The van der Waals surface area contributed by atoms with Crippen molar-refractivity contribution >= 4 is 23.5 Å². The number of halogens is 1. The second-order valence-corrected chi connectivity index (χ2v) is 6.78. The van der Waals surface area contributed by atoms with E-state index in [0.717, 1.165) is 5.17 Å². The average molecular weight is 370 g/mol. The summed E-state index contributed by atoms with van der Waals surface area (Å²) in [6, 6.07) is 3.16. The number of carbonyl (C=O) groups is 2. The number of aliphatic hydroxyl groups excluding tert-OH is 1. The van der Waals surface area contributed by atoms with Crippen LogP contribution in [0.4, 0.5) is 0 Å². The van der Waals surface area contributed by atoms with E-state index in [1.807, 2.05) is 20.8 Å². The third kappa shape index (κ3) is 4.21. The highest BCUT2D eigenvalue weighted by atomic mass is 35.5. The number of hydrazine groups is 1. The summed E-state index contributed by atoms with van der Waals surface area (Å²) in [4.78, 5) is 33.4. The predicted octanol–water partition coefficient (Wildman–Crippen LogP) is 2.16. The molecule has 9 heteroatoms. The molecule has 0 saturated heterocycles. The number of aliphatic hydroxyl groups is 1. The molecule has 0 spiro atoms. The highest BCUT2D eigenvalue weighted by Gasteiger charge is 2.41. The van der Waals surface area contributed by atoms with Gasteiger partial charge in [-0.05, 0) is 32.9 Å². The summed E-state index contributed by atoms with van der Waals surface area (Å²) in [5.74, 6) is -1.29. The molecule has 0 radical (unpaired) electrons. The molecule has 1 atom stereocenters. The molecule has 2 rings (SSSR count). The number of pyridine rings is 1. The van der Waals surface area contributed by atoms with E-state index in [4.69, 9.17) is 16.4 Å². The van der Waals surface area contributed by atoms with Crippen molar-refractivity contribution in [3.63, 3.8) is 0 Å². The third-order valence-electron chi connectivity index (χ3n) is 3.35. The van der Waals surface area contributed by atoms with Crippen LogP contribution in [0.3, 0.4) is 0 Å². The normalized spacial score (nSPS) is 18.2. The lowest BCUT2D eigenvalue weighted by Crippen LogP contribution is -2.58. The summed E-state index contributed by atoms with van der Waals surface area (Å²) < 4.78 is 4.61. The van der Waals surface area contributed by atoms with Crippen molar-refractivity contribution < 1.29 is 24.3 Å². The Morgan fingerprint density at radius 3 is 2.60 bits per heavy atom. The fourth-order valence-electron chi connectivity index (χ4n) is 2.17. The van der Waals surface area contributed by atoms with Gasteiger partial charge in [-0.3, -0.25) is 9.78 Å². The molecule has 1 aromatic heterocycles. The first-order valence-electron chi connectivity index (χ1n) is 7.49. The first-order valence-corrected chi connectivity index (χ1v) is 7.93. The molecule has 0 aromatic carbocycles. The molecular formula is C16H20ClN3O5. The van der Waals surface area contributed by atoms with E-state index >= 15 is 0 Å². The highest BCUT2D eigenvalue weighted by Crippen LogP contribution is 2.27. The summed E-state index contributed by atoms with van der Waals surface area (Å²) in [5.41, 5.74) is 0.219. The lowest BCUT2D eigenvalue weighted by atomic mass is 10.1. The van der Waals surface area contributed by atoms with Gasteiger partial charge in [0.15, 0.2) is 5.38 Å². The maximum absolute atomic E-state index is 12.4. The topological polar surface area (TPSA) is 92.2 Å². The minimum atomic E-state index is -1.16. The summed E-state index contributed by atoms with van der Waals surface area (Å²) in [6.45, 7) is 5.44. The van der Waals surface area contributed by atoms with E-state index < -0.39 is 22.8 Å². The van der Waals surface area contributed by atoms with Gasteiger partial charge in [-0.2, -0.15) is 5.17 Å². The second kappa shape index (κ2) is 7.28. The Labute approximate surface area is 150 Å². The van der Waals surface area contributed by atoms with Gasteiger partial charge >= 0.3 is 5.97 Å². The van der Waals surface area contributed by atoms with Crippen molar-refractivity contribution in [1.82, 2.24) is 15.2 Å².